The minimum atomic E-state index is -0.167. The molecule has 0 aliphatic rings. The molecule has 2 aromatic heterocycles. The monoisotopic (exact) mass is 424 g/mol. The van der Waals surface area contributed by atoms with Crippen molar-refractivity contribution in [1.29, 1.82) is 0 Å². The van der Waals surface area contributed by atoms with Crippen molar-refractivity contribution in [3.05, 3.63) is 54.2 Å². The molecule has 0 radical (unpaired) electrons. The van der Waals surface area contributed by atoms with E-state index >= 15 is 0 Å². The molecule has 160 valence electrons. The first kappa shape index (κ1) is 23.8. The normalized spacial score (nSPS) is 10.5. The van der Waals surface area contributed by atoms with E-state index in [0.717, 1.165) is 44.4 Å². The Morgan fingerprint density at radius 3 is 2.47 bits per heavy atom. The number of fused-ring (bicyclic) bond motifs is 3. The number of rotatable bonds is 3. The second kappa shape index (κ2) is 11.0. The van der Waals surface area contributed by atoms with E-state index in [4.69, 9.17) is 5.11 Å². The number of thioether (sulfide) groups is 1. The standard InChI is InChI=1S/C20H18N2OS.C3H8O.C2H6/c1-3-24-14-6-4-5-13(10-14)15-7-8-17(23)19-18(15)16-9-12(2)11-21-20(16)22-19;1-3(2)4;1-2/h4-11,23H,3H2,1-2H3,(H,21,22);3-4H,1-2H3;1-2H3. The molecule has 0 unspecified atom stereocenters. The van der Waals surface area contributed by atoms with Crippen LogP contribution in [0.2, 0.25) is 0 Å². The second-order valence-corrected chi connectivity index (χ2v) is 8.31. The number of pyridine rings is 1. The van der Waals surface area contributed by atoms with E-state index in [-0.39, 0.29) is 11.9 Å². The molecule has 0 aliphatic heterocycles. The van der Waals surface area contributed by atoms with Crippen LogP contribution in [-0.4, -0.2) is 32.0 Å². The summed E-state index contributed by atoms with van der Waals surface area (Å²) in [5.74, 6) is 1.30. The number of hydrogen-bond donors (Lipinski definition) is 3. The van der Waals surface area contributed by atoms with Gasteiger partial charge in [-0.1, -0.05) is 32.9 Å². The summed E-state index contributed by atoms with van der Waals surface area (Å²) in [5.41, 5.74) is 4.92. The largest absolute Gasteiger partial charge is 0.506 e. The van der Waals surface area contributed by atoms with E-state index in [2.05, 4.69) is 47.2 Å². The van der Waals surface area contributed by atoms with E-state index in [1.165, 1.54) is 4.90 Å². The molecule has 2 heterocycles. The molecule has 5 heteroatoms. The Labute approximate surface area is 183 Å². The SMILES string of the molecule is CC.CC(C)O.CCSc1cccc(-c2ccc(O)c3[nH]c4ncc(C)cc4c23)c1. The number of H-pyrrole nitrogens is 1. The van der Waals surface area contributed by atoms with Crippen molar-refractivity contribution in [2.24, 2.45) is 0 Å². The van der Waals surface area contributed by atoms with Crippen molar-refractivity contribution in [3.63, 3.8) is 0 Å². The maximum atomic E-state index is 10.3. The van der Waals surface area contributed by atoms with Gasteiger partial charge in [0.1, 0.15) is 11.4 Å². The number of hydrogen-bond acceptors (Lipinski definition) is 4. The van der Waals surface area contributed by atoms with Crippen LogP contribution in [0.4, 0.5) is 0 Å². The molecule has 0 aliphatic carbocycles. The molecule has 0 fully saturated rings. The Morgan fingerprint density at radius 2 is 1.80 bits per heavy atom. The lowest BCUT2D eigenvalue weighted by molar-refractivity contribution is 0.216. The smallest absolute Gasteiger partial charge is 0.139 e. The van der Waals surface area contributed by atoms with Gasteiger partial charge in [0.05, 0.1) is 5.52 Å². The number of aromatic amines is 1. The van der Waals surface area contributed by atoms with Gasteiger partial charge in [0.25, 0.3) is 0 Å². The van der Waals surface area contributed by atoms with Gasteiger partial charge in [-0.05, 0) is 73.5 Å². The number of nitrogens with zero attached hydrogens (tertiary/aromatic N) is 1. The summed E-state index contributed by atoms with van der Waals surface area (Å²) in [4.78, 5) is 8.98. The van der Waals surface area contributed by atoms with Crippen molar-refractivity contribution in [1.82, 2.24) is 9.97 Å². The average molecular weight is 425 g/mol. The molecule has 0 spiro atoms. The Bertz CT molecular complexity index is 1100. The number of aromatic nitrogens is 2. The van der Waals surface area contributed by atoms with Gasteiger partial charge in [-0.15, -0.1) is 11.8 Å². The van der Waals surface area contributed by atoms with Crippen LogP contribution in [0, 0.1) is 6.92 Å². The molecule has 2 aromatic carbocycles. The molecule has 0 atom stereocenters. The highest BCUT2D eigenvalue weighted by Gasteiger charge is 2.14. The van der Waals surface area contributed by atoms with Gasteiger partial charge in [-0.2, -0.15) is 0 Å². The summed E-state index contributed by atoms with van der Waals surface area (Å²) >= 11 is 1.83. The molecule has 3 N–H and O–H groups in total. The fraction of sp³-hybridized carbons (Fsp3) is 0.320. The summed E-state index contributed by atoms with van der Waals surface area (Å²) < 4.78 is 0. The predicted octanol–water partition coefficient (Wildman–Crippen LogP) is 6.92. The lowest BCUT2D eigenvalue weighted by Crippen LogP contribution is -1.85. The summed E-state index contributed by atoms with van der Waals surface area (Å²) in [6, 6.07) is 14.4. The van der Waals surface area contributed by atoms with Gasteiger partial charge in [-0.25, -0.2) is 4.98 Å². The predicted molar refractivity (Wildman–Crippen MR) is 131 cm³/mol. The van der Waals surface area contributed by atoms with Crippen molar-refractivity contribution in [2.75, 3.05) is 5.75 Å². The lowest BCUT2D eigenvalue weighted by Gasteiger charge is -2.08. The van der Waals surface area contributed by atoms with Crippen molar-refractivity contribution in [3.8, 4) is 16.9 Å². The van der Waals surface area contributed by atoms with Crippen LogP contribution >= 0.6 is 11.8 Å². The number of nitrogens with one attached hydrogen (secondary N) is 1. The molecule has 0 amide bonds. The zero-order valence-corrected chi connectivity index (χ0v) is 19.5. The Morgan fingerprint density at radius 1 is 1.10 bits per heavy atom. The zero-order valence-electron chi connectivity index (χ0n) is 18.7. The third kappa shape index (κ3) is 5.55. The summed E-state index contributed by atoms with van der Waals surface area (Å²) in [6.45, 7) is 11.6. The van der Waals surface area contributed by atoms with Crippen molar-refractivity contribution < 1.29 is 10.2 Å². The van der Waals surface area contributed by atoms with Crippen LogP contribution in [0.5, 0.6) is 5.75 Å². The van der Waals surface area contributed by atoms with E-state index in [9.17, 15) is 5.11 Å². The van der Waals surface area contributed by atoms with E-state index in [1.807, 2.05) is 44.8 Å². The van der Waals surface area contributed by atoms with Gasteiger partial charge in [0.15, 0.2) is 0 Å². The maximum absolute atomic E-state index is 10.3. The summed E-state index contributed by atoms with van der Waals surface area (Å²) in [7, 11) is 0. The van der Waals surface area contributed by atoms with Gasteiger partial charge < -0.3 is 15.2 Å². The van der Waals surface area contributed by atoms with Crippen LogP contribution in [-0.2, 0) is 0 Å². The molecule has 30 heavy (non-hydrogen) atoms. The highest BCUT2D eigenvalue weighted by atomic mass is 32.2. The topological polar surface area (TPSA) is 69.1 Å². The molecule has 0 saturated carbocycles. The summed E-state index contributed by atoms with van der Waals surface area (Å²) in [6.07, 6.45) is 1.67. The van der Waals surface area contributed by atoms with Crippen LogP contribution in [0.1, 0.15) is 40.2 Å². The zero-order chi connectivity index (χ0) is 22.3. The molecular formula is C25H32N2O2S. The summed E-state index contributed by atoms with van der Waals surface area (Å²) in [5, 5.41) is 20.4. The van der Waals surface area contributed by atoms with Crippen molar-refractivity contribution in [2.45, 2.75) is 52.5 Å². The number of aliphatic hydroxyl groups excluding tert-OH is 1. The number of aromatic hydroxyl groups is 1. The molecule has 4 nitrogen and oxygen atoms in total. The van der Waals surface area contributed by atoms with Crippen LogP contribution in [0.15, 0.2) is 53.6 Å². The molecule has 0 saturated heterocycles. The van der Waals surface area contributed by atoms with Crippen LogP contribution in [0.25, 0.3) is 33.1 Å². The highest BCUT2D eigenvalue weighted by Crippen LogP contribution is 2.39. The van der Waals surface area contributed by atoms with Crippen LogP contribution < -0.4 is 0 Å². The minimum absolute atomic E-state index is 0.167. The fourth-order valence-corrected chi connectivity index (χ4v) is 3.85. The van der Waals surface area contributed by atoms with Crippen LogP contribution in [0.3, 0.4) is 0 Å². The molecule has 0 bridgehead atoms. The molecular weight excluding hydrogens is 392 g/mol. The third-order valence-electron chi connectivity index (χ3n) is 4.18. The number of aliphatic hydroxyl groups is 1. The first-order chi connectivity index (χ1) is 14.4. The highest BCUT2D eigenvalue weighted by molar-refractivity contribution is 7.99. The van der Waals surface area contributed by atoms with Crippen molar-refractivity contribution >= 4 is 33.7 Å². The number of phenols is 1. The first-order valence-electron chi connectivity index (χ1n) is 10.4. The minimum Gasteiger partial charge on any atom is -0.506 e. The fourth-order valence-electron chi connectivity index (χ4n) is 3.14. The Balaban J connectivity index is 0.000000481. The average Bonchev–Trinajstić information content (AvgIpc) is 3.10. The quantitative estimate of drug-likeness (QED) is 0.312. The number of phenolic OH excluding ortho intramolecular Hbond substituents is 1. The maximum Gasteiger partial charge on any atom is 0.139 e. The number of benzene rings is 2. The number of aryl methyl sites for hydroxylation is 1. The van der Waals surface area contributed by atoms with E-state index < -0.39 is 0 Å². The molecule has 4 rings (SSSR count). The Kier molecular flexibility index (Phi) is 8.75. The lowest BCUT2D eigenvalue weighted by atomic mass is 9.99. The van der Waals surface area contributed by atoms with Gasteiger partial charge in [-0.3, -0.25) is 0 Å². The van der Waals surface area contributed by atoms with Gasteiger partial charge in [0, 0.05) is 28.0 Å². The van der Waals surface area contributed by atoms with Gasteiger partial charge in [0.2, 0.25) is 0 Å². The van der Waals surface area contributed by atoms with Gasteiger partial charge >= 0.3 is 0 Å². The third-order valence-corrected chi connectivity index (χ3v) is 5.05. The van der Waals surface area contributed by atoms with E-state index in [1.54, 1.807) is 19.9 Å². The first-order valence-corrected chi connectivity index (χ1v) is 11.4. The Hall–Kier alpha value is -2.50. The second-order valence-electron chi connectivity index (χ2n) is 6.97. The van der Waals surface area contributed by atoms with E-state index in [0.29, 0.717) is 0 Å². The molecule has 4 aromatic rings.